The molecule has 1 atom stereocenters. The molecule has 0 aliphatic heterocycles. The topological polar surface area (TPSA) is 54.4 Å². The van der Waals surface area contributed by atoms with Gasteiger partial charge in [0.05, 0.1) is 10.9 Å². The van der Waals surface area contributed by atoms with Gasteiger partial charge in [-0.25, -0.2) is 8.42 Å². The van der Waals surface area contributed by atoms with E-state index in [1.165, 1.54) is 0 Å². The van der Waals surface area contributed by atoms with E-state index >= 15 is 0 Å². The van der Waals surface area contributed by atoms with Crippen LogP contribution in [0.1, 0.15) is 30.9 Å². The van der Waals surface area contributed by atoms with Gasteiger partial charge in [-0.15, -0.1) is 0 Å². The molecule has 1 fully saturated rings. The van der Waals surface area contributed by atoms with Crippen molar-refractivity contribution in [3.8, 4) is 0 Å². The first-order valence-corrected chi connectivity index (χ1v) is 7.43. The molecule has 0 bridgehead atoms. The number of halogens is 1. The predicted molar refractivity (Wildman–Crippen MR) is 62.8 cm³/mol. The third-order valence-corrected chi connectivity index (χ3v) is 5.67. The zero-order valence-corrected chi connectivity index (χ0v) is 10.2. The summed E-state index contributed by atoms with van der Waals surface area (Å²) in [5.41, 5.74) is 0.731. The maximum atomic E-state index is 11.3. The van der Waals surface area contributed by atoms with Crippen LogP contribution >= 0.6 is 10.7 Å². The van der Waals surface area contributed by atoms with Gasteiger partial charge in [0.2, 0.25) is 9.05 Å². The molecule has 1 unspecified atom stereocenters. The number of rotatable bonds is 4. The maximum absolute atomic E-state index is 11.3. The van der Waals surface area contributed by atoms with Gasteiger partial charge in [0.15, 0.2) is 0 Å². The van der Waals surface area contributed by atoms with Crippen LogP contribution in [0.2, 0.25) is 0 Å². The number of hydrogen-bond acceptors (Lipinski definition) is 3. The molecule has 16 heavy (non-hydrogen) atoms. The van der Waals surface area contributed by atoms with Crippen LogP contribution in [0.3, 0.4) is 0 Å². The van der Waals surface area contributed by atoms with Crippen LogP contribution in [-0.2, 0) is 9.05 Å². The summed E-state index contributed by atoms with van der Waals surface area (Å²) < 4.78 is 21.8. The van der Waals surface area contributed by atoms with E-state index in [0.29, 0.717) is 12.8 Å². The molecular formula is C11H13ClO3S. The summed E-state index contributed by atoms with van der Waals surface area (Å²) in [4.78, 5) is 0. The van der Waals surface area contributed by atoms with Gasteiger partial charge in [-0.1, -0.05) is 30.3 Å². The van der Waals surface area contributed by atoms with Gasteiger partial charge < -0.3 is 5.11 Å². The first-order chi connectivity index (χ1) is 7.45. The van der Waals surface area contributed by atoms with Crippen molar-refractivity contribution in [1.82, 2.24) is 0 Å². The van der Waals surface area contributed by atoms with Crippen molar-refractivity contribution in [2.75, 3.05) is 0 Å². The Labute approximate surface area is 99.5 Å². The van der Waals surface area contributed by atoms with Gasteiger partial charge >= 0.3 is 0 Å². The number of benzene rings is 1. The Morgan fingerprint density at radius 3 is 2.31 bits per heavy atom. The standard InChI is InChI=1S/C11H13ClO3S/c12-16(14,15)11(6-7-11)8-10(13)9-4-2-1-3-5-9/h1-5,10,13H,6-8H2. The van der Waals surface area contributed by atoms with E-state index in [0.717, 1.165) is 5.56 Å². The molecule has 1 N–H and O–H groups in total. The Morgan fingerprint density at radius 1 is 1.31 bits per heavy atom. The molecule has 5 heteroatoms. The van der Waals surface area contributed by atoms with Crippen LogP contribution in [0.15, 0.2) is 30.3 Å². The lowest BCUT2D eigenvalue weighted by atomic mass is 10.0. The fourth-order valence-electron chi connectivity index (χ4n) is 1.83. The zero-order chi connectivity index (χ0) is 11.8. The van der Waals surface area contributed by atoms with E-state index < -0.39 is 19.9 Å². The lowest BCUT2D eigenvalue weighted by Crippen LogP contribution is -2.21. The second-order valence-corrected chi connectivity index (χ2v) is 7.21. The normalized spacial score (nSPS) is 20.4. The Hall–Kier alpha value is -0.580. The van der Waals surface area contributed by atoms with Gasteiger partial charge in [0.1, 0.15) is 0 Å². The minimum Gasteiger partial charge on any atom is -0.388 e. The molecule has 1 saturated carbocycles. The molecule has 0 heterocycles. The molecular weight excluding hydrogens is 248 g/mol. The fourth-order valence-corrected chi connectivity index (χ4v) is 3.43. The van der Waals surface area contributed by atoms with Crippen LogP contribution in [-0.4, -0.2) is 18.3 Å². The van der Waals surface area contributed by atoms with Crippen molar-refractivity contribution >= 4 is 19.7 Å². The first-order valence-electron chi connectivity index (χ1n) is 5.12. The van der Waals surface area contributed by atoms with Gasteiger partial charge in [-0.3, -0.25) is 0 Å². The molecule has 0 spiro atoms. The summed E-state index contributed by atoms with van der Waals surface area (Å²) in [6.45, 7) is 0. The van der Waals surface area contributed by atoms with Crippen molar-refractivity contribution < 1.29 is 13.5 Å². The summed E-state index contributed by atoms with van der Waals surface area (Å²) in [6.07, 6.45) is 0.506. The quantitative estimate of drug-likeness (QED) is 0.845. The SMILES string of the molecule is O=S(=O)(Cl)C1(CC(O)c2ccccc2)CC1. The molecule has 1 aromatic carbocycles. The van der Waals surface area contributed by atoms with Gasteiger partial charge in [0.25, 0.3) is 0 Å². The van der Waals surface area contributed by atoms with Gasteiger partial charge in [-0.2, -0.15) is 0 Å². The van der Waals surface area contributed by atoms with Crippen LogP contribution in [0, 0.1) is 0 Å². The first kappa shape index (κ1) is 11.9. The van der Waals surface area contributed by atoms with Crippen molar-refractivity contribution in [2.24, 2.45) is 0 Å². The fraction of sp³-hybridized carbons (Fsp3) is 0.455. The van der Waals surface area contributed by atoms with E-state index in [2.05, 4.69) is 0 Å². The third-order valence-electron chi connectivity index (χ3n) is 3.07. The largest absolute Gasteiger partial charge is 0.388 e. The Morgan fingerprint density at radius 2 is 1.88 bits per heavy atom. The molecule has 0 aromatic heterocycles. The highest BCUT2D eigenvalue weighted by Crippen LogP contribution is 2.51. The highest BCUT2D eigenvalue weighted by atomic mass is 35.7. The third kappa shape index (κ3) is 2.24. The monoisotopic (exact) mass is 260 g/mol. The van der Waals surface area contributed by atoms with Crippen LogP contribution < -0.4 is 0 Å². The molecule has 1 aromatic rings. The van der Waals surface area contributed by atoms with Crippen molar-refractivity contribution in [3.05, 3.63) is 35.9 Å². The average Bonchev–Trinajstić information content (AvgIpc) is 2.99. The van der Waals surface area contributed by atoms with Crippen LogP contribution in [0.4, 0.5) is 0 Å². The highest BCUT2D eigenvalue weighted by Gasteiger charge is 2.54. The number of hydrogen-bond donors (Lipinski definition) is 1. The summed E-state index contributed by atoms with van der Waals surface area (Å²) in [5, 5.41) is 9.94. The average molecular weight is 261 g/mol. The Kier molecular flexibility index (Phi) is 2.99. The molecule has 3 nitrogen and oxygen atoms in total. The van der Waals surface area contributed by atoms with Crippen LogP contribution in [0.5, 0.6) is 0 Å². The van der Waals surface area contributed by atoms with E-state index in [1.54, 1.807) is 12.1 Å². The van der Waals surface area contributed by atoms with Crippen molar-refractivity contribution in [3.63, 3.8) is 0 Å². The Balaban J connectivity index is 2.12. The molecule has 2 rings (SSSR count). The second kappa shape index (κ2) is 4.02. The highest BCUT2D eigenvalue weighted by molar-refractivity contribution is 8.15. The smallest absolute Gasteiger partial charge is 0.238 e. The summed E-state index contributed by atoms with van der Waals surface area (Å²) >= 11 is 0. The summed E-state index contributed by atoms with van der Waals surface area (Å²) in [5.74, 6) is 0. The number of aliphatic hydroxyl groups is 1. The van der Waals surface area contributed by atoms with Crippen LogP contribution in [0.25, 0.3) is 0 Å². The van der Waals surface area contributed by atoms with Gasteiger partial charge in [-0.05, 0) is 24.8 Å². The zero-order valence-electron chi connectivity index (χ0n) is 8.64. The predicted octanol–water partition coefficient (Wildman–Crippen LogP) is 2.21. The van der Waals surface area contributed by atoms with E-state index in [-0.39, 0.29) is 6.42 Å². The summed E-state index contributed by atoms with van der Waals surface area (Å²) in [6, 6.07) is 9.03. The number of aliphatic hydroxyl groups excluding tert-OH is 1. The molecule has 0 radical (unpaired) electrons. The van der Waals surface area contributed by atoms with Gasteiger partial charge in [0, 0.05) is 10.7 Å². The van der Waals surface area contributed by atoms with E-state index in [1.807, 2.05) is 18.2 Å². The van der Waals surface area contributed by atoms with Crippen molar-refractivity contribution in [1.29, 1.82) is 0 Å². The van der Waals surface area contributed by atoms with E-state index in [9.17, 15) is 13.5 Å². The summed E-state index contributed by atoms with van der Waals surface area (Å²) in [7, 11) is 1.80. The molecule has 88 valence electrons. The van der Waals surface area contributed by atoms with E-state index in [4.69, 9.17) is 10.7 Å². The minimum absolute atomic E-state index is 0.183. The molecule has 1 aliphatic rings. The molecule has 0 amide bonds. The molecule has 1 aliphatic carbocycles. The van der Waals surface area contributed by atoms with Crippen molar-refractivity contribution in [2.45, 2.75) is 30.1 Å². The maximum Gasteiger partial charge on any atom is 0.238 e. The lowest BCUT2D eigenvalue weighted by molar-refractivity contribution is 0.163. The molecule has 0 saturated heterocycles. The minimum atomic E-state index is -3.58. The Bertz CT molecular complexity index is 465. The lowest BCUT2D eigenvalue weighted by Gasteiger charge is -2.16. The second-order valence-electron chi connectivity index (χ2n) is 4.25.